The van der Waals surface area contributed by atoms with Crippen LogP contribution in [0.3, 0.4) is 0 Å². The Hall–Kier alpha value is -2.76. The summed E-state index contributed by atoms with van der Waals surface area (Å²) in [5.41, 5.74) is 1.73. The number of fused-ring (bicyclic) bond motifs is 3. The van der Waals surface area contributed by atoms with Crippen molar-refractivity contribution in [2.75, 3.05) is 17.2 Å². The van der Waals surface area contributed by atoms with E-state index in [1.165, 1.54) is 29.2 Å². The van der Waals surface area contributed by atoms with Gasteiger partial charge >= 0.3 is 0 Å². The van der Waals surface area contributed by atoms with E-state index in [4.69, 9.17) is 0 Å². The van der Waals surface area contributed by atoms with Crippen LogP contribution in [0.5, 0.6) is 0 Å². The monoisotopic (exact) mass is 474 g/mol. The Balaban J connectivity index is 1.43. The first-order valence-corrected chi connectivity index (χ1v) is 12.6. The van der Waals surface area contributed by atoms with E-state index < -0.39 is 15.9 Å². The van der Waals surface area contributed by atoms with Crippen LogP contribution in [0, 0.1) is 5.82 Å². The molecule has 11 heteroatoms. The van der Waals surface area contributed by atoms with Gasteiger partial charge in [0.15, 0.2) is 9.97 Å². The number of hydrogen-bond acceptors (Lipinski definition) is 6. The summed E-state index contributed by atoms with van der Waals surface area (Å²) in [4.78, 5) is 20.1. The van der Waals surface area contributed by atoms with Gasteiger partial charge in [0.05, 0.1) is 18.0 Å². The van der Waals surface area contributed by atoms with Crippen LogP contribution in [0.4, 0.5) is 10.1 Å². The zero-order valence-electron chi connectivity index (χ0n) is 15.9. The molecule has 0 spiro atoms. The number of thioether (sulfide) groups is 1. The number of amides is 1. The van der Waals surface area contributed by atoms with E-state index in [0.29, 0.717) is 27.6 Å². The summed E-state index contributed by atoms with van der Waals surface area (Å²) < 4.78 is 43.0. The van der Waals surface area contributed by atoms with Crippen molar-refractivity contribution >= 4 is 49.9 Å². The Bertz CT molecular complexity index is 1410. The lowest BCUT2D eigenvalue weighted by atomic mass is 10.2. The molecule has 0 unspecified atom stereocenters. The van der Waals surface area contributed by atoms with Crippen LogP contribution in [0.25, 0.3) is 0 Å². The predicted octanol–water partition coefficient (Wildman–Crippen LogP) is 3.09. The number of nitrogens with zero attached hydrogens (tertiary/aromatic N) is 4. The SMILES string of the molecule is O=C(N=c1sccn1Cc1ccccc1F)c1ccc2c(c1)SC1=NS(=O)(=O)CCN12. The van der Waals surface area contributed by atoms with Gasteiger partial charge in [-0.3, -0.25) is 4.79 Å². The molecule has 0 saturated heterocycles. The Kier molecular flexibility index (Phi) is 5.03. The van der Waals surface area contributed by atoms with Gasteiger partial charge in [-0.05, 0) is 36.0 Å². The van der Waals surface area contributed by atoms with Crippen LogP contribution < -0.4 is 9.70 Å². The van der Waals surface area contributed by atoms with Gasteiger partial charge in [-0.25, -0.2) is 12.8 Å². The molecule has 0 bridgehead atoms. The minimum Gasteiger partial charge on any atom is -0.319 e. The maximum absolute atomic E-state index is 14.0. The van der Waals surface area contributed by atoms with Gasteiger partial charge in [0.25, 0.3) is 15.9 Å². The van der Waals surface area contributed by atoms with Gasteiger partial charge in [0, 0.05) is 34.1 Å². The first-order chi connectivity index (χ1) is 14.9. The highest BCUT2D eigenvalue weighted by molar-refractivity contribution is 8.15. The number of amidine groups is 1. The fourth-order valence-corrected chi connectivity index (χ4v) is 6.35. The minimum atomic E-state index is -3.44. The summed E-state index contributed by atoms with van der Waals surface area (Å²) in [6.45, 7) is 0.607. The van der Waals surface area contributed by atoms with E-state index in [9.17, 15) is 17.6 Å². The maximum Gasteiger partial charge on any atom is 0.279 e. The van der Waals surface area contributed by atoms with Crippen molar-refractivity contribution < 1.29 is 17.6 Å². The second-order valence-electron chi connectivity index (χ2n) is 6.92. The third kappa shape index (κ3) is 3.95. The molecular formula is C20H15FN4O3S3. The molecule has 0 fully saturated rings. The molecular weight excluding hydrogens is 459 g/mol. The molecule has 2 aliphatic rings. The molecule has 158 valence electrons. The Labute approximate surface area is 185 Å². The lowest BCUT2D eigenvalue weighted by Crippen LogP contribution is -2.35. The van der Waals surface area contributed by atoms with E-state index in [0.717, 1.165) is 10.6 Å². The molecule has 0 aliphatic carbocycles. The number of aromatic nitrogens is 1. The molecule has 2 aromatic carbocycles. The highest BCUT2D eigenvalue weighted by Crippen LogP contribution is 2.42. The van der Waals surface area contributed by atoms with Crippen LogP contribution in [0.1, 0.15) is 15.9 Å². The second kappa shape index (κ2) is 7.74. The number of thiazole rings is 1. The summed E-state index contributed by atoms with van der Waals surface area (Å²) >= 11 is 2.52. The van der Waals surface area contributed by atoms with E-state index in [1.807, 2.05) is 4.90 Å². The van der Waals surface area contributed by atoms with Crippen LogP contribution >= 0.6 is 23.1 Å². The number of carbonyl (C=O) groups is 1. The Morgan fingerprint density at radius 2 is 2.06 bits per heavy atom. The number of halogens is 1. The molecule has 0 N–H and O–H groups in total. The highest BCUT2D eigenvalue weighted by Gasteiger charge is 2.33. The summed E-state index contributed by atoms with van der Waals surface area (Å²) in [7, 11) is -3.44. The third-order valence-electron chi connectivity index (χ3n) is 4.88. The van der Waals surface area contributed by atoms with Crippen LogP contribution in [-0.2, 0) is 16.6 Å². The maximum atomic E-state index is 14.0. The highest BCUT2D eigenvalue weighted by atomic mass is 32.2. The van der Waals surface area contributed by atoms with E-state index in [-0.39, 0.29) is 18.1 Å². The predicted molar refractivity (Wildman–Crippen MR) is 119 cm³/mol. The van der Waals surface area contributed by atoms with Crippen LogP contribution in [0.15, 0.2) is 68.3 Å². The standard InChI is InChI=1S/C20H15FN4O3S3/c21-15-4-2-1-3-14(15)12-24-7-9-29-19(24)22-18(26)13-5-6-16-17(11-13)30-20-23-31(27,28)10-8-25(16)20/h1-7,9,11H,8,10,12H2. The first kappa shape index (κ1) is 20.2. The quantitative estimate of drug-likeness (QED) is 0.583. The number of sulfonamides is 1. The zero-order valence-corrected chi connectivity index (χ0v) is 18.4. The van der Waals surface area contributed by atoms with Crippen LogP contribution in [0.2, 0.25) is 0 Å². The molecule has 1 amide bonds. The number of hydrogen-bond donors (Lipinski definition) is 0. The first-order valence-electron chi connectivity index (χ1n) is 9.28. The van der Waals surface area contributed by atoms with Crippen LogP contribution in [-0.4, -0.2) is 36.4 Å². The van der Waals surface area contributed by atoms with Crippen molar-refractivity contribution in [3.05, 3.63) is 75.8 Å². The largest absolute Gasteiger partial charge is 0.319 e. The van der Waals surface area contributed by atoms with Crippen molar-refractivity contribution in [3.63, 3.8) is 0 Å². The molecule has 31 heavy (non-hydrogen) atoms. The van der Waals surface area contributed by atoms with Gasteiger partial charge in [0.2, 0.25) is 0 Å². The van der Waals surface area contributed by atoms with Crippen molar-refractivity contribution in [2.45, 2.75) is 11.4 Å². The lowest BCUT2D eigenvalue weighted by Gasteiger charge is -2.22. The van der Waals surface area contributed by atoms with Crippen molar-refractivity contribution in [1.82, 2.24) is 4.57 Å². The molecule has 3 heterocycles. The molecule has 0 atom stereocenters. The van der Waals surface area contributed by atoms with Gasteiger partial charge < -0.3 is 9.47 Å². The molecule has 0 saturated carbocycles. The summed E-state index contributed by atoms with van der Waals surface area (Å²) in [6, 6.07) is 11.6. The molecule has 2 aliphatic heterocycles. The van der Waals surface area contributed by atoms with Crippen molar-refractivity contribution in [2.24, 2.45) is 9.39 Å². The minimum absolute atomic E-state index is 0.0348. The van der Waals surface area contributed by atoms with E-state index in [2.05, 4.69) is 9.39 Å². The van der Waals surface area contributed by atoms with Gasteiger partial charge in [-0.1, -0.05) is 18.2 Å². The Morgan fingerprint density at radius 1 is 1.23 bits per heavy atom. The molecule has 5 rings (SSSR count). The van der Waals surface area contributed by atoms with Crippen molar-refractivity contribution in [3.8, 4) is 0 Å². The summed E-state index contributed by atoms with van der Waals surface area (Å²) in [5.74, 6) is -0.768. The van der Waals surface area contributed by atoms with E-state index in [1.54, 1.807) is 52.5 Å². The summed E-state index contributed by atoms with van der Waals surface area (Å²) in [6.07, 6.45) is 1.76. The fourth-order valence-electron chi connectivity index (χ4n) is 3.33. The second-order valence-corrected chi connectivity index (χ2v) is 10.6. The third-order valence-corrected chi connectivity index (χ3v) is 7.98. The molecule has 3 aromatic rings. The lowest BCUT2D eigenvalue weighted by molar-refractivity contribution is 0.0997. The fraction of sp³-hybridized carbons (Fsp3) is 0.150. The molecule has 0 radical (unpaired) electrons. The normalized spacial score (nSPS) is 17.3. The average Bonchev–Trinajstić information content (AvgIpc) is 3.31. The smallest absolute Gasteiger partial charge is 0.279 e. The molecule has 1 aromatic heterocycles. The zero-order chi connectivity index (χ0) is 21.6. The van der Waals surface area contributed by atoms with E-state index >= 15 is 0 Å². The average molecular weight is 475 g/mol. The number of anilines is 1. The van der Waals surface area contributed by atoms with Crippen molar-refractivity contribution in [1.29, 1.82) is 0 Å². The number of rotatable bonds is 3. The topological polar surface area (TPSA) is 84.1 Å². The number of carbonyl (C=O) groups excluding carboxylic acids is 1. The van der Waals surface area contributed by atoms with Gasteiger partial charge in [-0.2, -0.15) is 4.99 Å². The van der Waals surface area contributed by atoms with Gasteiger partial charge in [-0.15, -0.1) is 15.7 Å². The molecule has 7 nitrogen and oxygen atoms in total. The van der Waals surface area contributed by atoms with Gasteiger partial charge in [0.1, 0.15) is 5.82 Å². The Morgan fingerprint density at radius 3 is 2.90 bits per heavy atom. The summed E-state index contributed by atoms with van der Waals surface area (Å²) in [5, 5.41) is 2.20. The number of benzene rings is 2.